The predicted molar refractivity (Wildman–Crippen MR) is 139 cm³/mol. The Hall–Kier alpha value is -2.69. The highest BCUT2D eigenvalue weighted by Gasteiger charge is 2.25. The van der Waals surface area contributed by atoms with Crippen LogP contribution in [-0.2, 0) is 4.79 Å². The average Bonchev–Trinajstić information content (AvgIpc) is 3.16. The molecule has 1 aromatic carbocycles. The van der Waals surface area contributed by atoms with Crippen LogP contribution in [0.25, 0.3) is 11.2 Å². The number of aromatic nitrogens is 4. The zero-order valence-electron chi connectivity index (χ0n) is 20.0. The van der Waals surface area contributed by atoms with Gasteiger partial charge in [-0.1, -0.05) is 36.5 Å². The van der Waals surface area contributed by atoms with Crippen LogP contribution in [-0.4, -0.2) is 42.7 Å². The van der Waals surface area contributed by atoms with Gasteiger partial charge in [0.25, 0.3) is 0 Å². The Morgan fingerprint density at radius 2 is 2.11 bits per heavy atom. The van der Waals surface area contributed by atoms with Crippen LogP contribution < -0.4 is 16.4 Å². The summed E-state index contributed by atoms with van der Waals surface area (Å²) in [6.07, 6.45) is 6.69. The van der Waals surface area contributed by atoms with Gasteiger partial charge in [-0.15, -0.1) is 0 Å². The zero-order valence-corrected chi connectivity index (χ0v) is 21.5. The van der Waals surface area contributed by atoms with Gasteiger partial charge in [-0.2, -0.15) is 4.98 Å². The third-order valence-corrected chi connectivity index (χ3v) is 6.88. The Labute approximate surface area is 218 Å². The number of carbonyl (C=O) groups is 1. The van der Waals surface area contributed by atoms with E-state index in [4.69, 9.17) is 33.9 Å². The topological polar surface area (TPSA) is 131 Å². The number of aliphatic hydroxyl groups excluding tert-OH is 1. The van der Waals surface area contributed by atoms with Crippen LogP contribution in [0.1, 0.15) is 64.3 Å². The van der Waals surface area contributed by atoms with Gasteiger partial charge in [-0.05, 0) is 50.7 Å². The number of carbonyl (C=O) groups excluding carboxylic acids is 1. The molecule has 3 aromatic rings. The van der Waals surface area contributed by atoms with E-state index in [1.807, 2.05) is 11.5 Å². The molecule has 0 bridgehead atoms. The fraction of sp³-hybridized carbons (Fsp3) is 0.500. The van der Waals surface area contributed by atoms with E-state index in [0.29, 0.717) is 42.3 Å². The minimum absolute atomic E-state index is 0.0327. The van der Waals surface area contributed by atoms with Crippen molar-refractivity contribution >= 4 is 57.9 Å². The maximum Gasteiger partial charge on any atom is 0.224 e. The van der Waals surface area contributed by atoms with E-state index in [2.05, 4.69) is 20.6 Å². The zero-order chi connectivity index (χ0) is 25.8. The number of benzene rings is 1. The number of fused-ring (bicyclic) bond motifs is 1. The lowest BCUT2D eigenvalue weighted by molar-refractivity contribution is -0.118. The number of anilines is 3. The molecule has 1 amide bonds. The molecule has 12 heteroatoms. The van der Waals surface area contributed by atoms with Crippen molar-refractivity contribution in [3.63, 3.8) is 0 Å². The number of nitrogens with zero attached hydrogens (tertiary/aromatic N) is 4. The normalized spacial score (nSPS) is 18.8. The van der Waals surface area contributed by atoms with Gasteiger partial charge >= 0.3 is 0 Å². The summed E-state index contributed by atoms with van der Waals surface area (Å²) < 4.78 is 16.6. The van der Waals surface area contributed by atoms with E-state index < -0.39 is 11.7 Å². The molecule has 0 saturated heterocycles. The number of nitrogens with two attached hydrogens (primary N) is 1. The van der Waals surface area contributed by atoms with Gasteiger partial charge in [-0.3, -0.25) is 9.36 Å². The van der Waals surface area contributed by atoms with Gasteiger partial charge in [0.1, 0.15) is 11.3 Å². The monoisotopic (exact) mass is 537 g/mol. The summed E-state index contributed by atoms with van der Waals surface area (Å²) >= 11 is 12.2. The molecule has 1 fully saturated rings. The molecule has 1 aliphatic carbocycles. The lowest BCUT2D eigenvalue weighted by atomic mass is 9.93. The standard InChI is InChI=1S/C24H30Cl2FN7O2/c1-2-4-15(7-8-20(28)36)34-22-19(12-29-23(33-22)30-14-5-3-6-16(35)11-14)31-24(34)32-21-17(26)9-13(25)10-18(21)27/h9-10,12,14-16,35H,2-8,11H2,1H3,(H2,28,36)(H,31,32)(H,29,30,33)/t14-,15-,16-/m1/s1. The second-order valence-electron chi connectivity index (χ2n) is 9.19. The van der Waals surface area contributed by atoms with E-state index >= 15 is 0 Å². The fourth-order valence-corrected chi connectivity index (χ4v) is 5.21. The van der Waals surface area contributed by atoms with Crippen molar-refractivity contribution in [3.8, 4) is 0 Å². The van der Waals surface area contributed by atoms with Gasteiger partial charge in [0.2, 0.25) is 17.8 Å². The van der Waals surface area contributed by atoms with Crippen molar-refractivity contribution in [2.45, 2.75) is 76.5 Å². The minimum atomic E-state index is -0.625. The van der Waals surface area contributed by atoms with Gasteiger partial charge in [-0.25, -0.2) is 14.4 Å². The molecule has 1 aliphatic rings. The largest absolute Gasteiger partial charge is 0.393 e. The van der Waals surface area contributed by atoms with Crippen molar-refractivity contribution in [3.05, 3.63) is 34.2 Å². The summed E-state index contributed by atoms with van der Waals surface area (Å²) in [6.45, 7) is 2.04. The SMILES string of the molecule is CCC[C@H](CCC(N)=O)n1c(Nc2c(F)cc(Cl)cc2Cl)nc2cnc(N[C@@H]3CCC[C@@H](O)C3)nc21. The highest BCUT2D eigenvalue weighted by Crippen LogP contribution is 2.35. The molecule has 36 heavy (non-hydrogen) atoms. The first-order valence-corrected chi connectivity index (χ1v) is 12.9. The van der Waals surface area contributed by atoms with Crippen LogP contribution in [0.15, 0.2) is 18.3 Å². The summed E-state index contributed by atoms with van der Waals surface area (Å²) in [5.41, 5.74) is 6.50. The molecule has 0 spiro atoms. The molecule has 2 heterocycles. The Bertz CT molecular complexity index is 1220. The molecule has 4 rings (SSSR count). The molecule has 9 nitrogen and oxygen atoms in total. The lowest BCUT2D eigenvalue weighted by Gasteiger charge is -2.26. The summed E-state index contributed by atoms with van der Waals surface area (Å²) in [6, 6.07) is 2.48. The Morgan fingerprint density at radius 1 is 1.31 bits per heavy atom. The minimum Gasteiger partial charge on any atom is -0.393 e. The maximum absolute atomic E-state index is 14.8. The van der Waals surface area contributed by atoms with E-state index in [0.717, 1.165) is 25.7 Å². The molecule has 5 N–H and O–H groups in total. The maximum atomic E-state index is 14.8. The van der Waals surface area contributed by atoms with Crippen molar-refractivity contribution in [2.75, 3.05) is 10.6 Å². The number of hydrogen-bond acceptors (Lipinski definition) is 7. The first-order chi connectivity index (χ1) is 17.2. The van der Waals surface area contributed by atoms with Gasteiger partial charge < -0.3 is 21.5 Å². The third kappa shape index (κ3) is 6.16. The number of imidazole rings is 1. The Balaban J connectivity index is 1.77. The second kappa shape index (κ2) is 11.6. The number of rotatable bonds is 10. The van der Waals surface area contributed by atoms with E-state index in [9.17, 15) is 14.3 Å². The van der Waals surface area contributed by atoms with Crippen LogP contribution in [0.4, 0.5) is 22.0 Å². The first kappa shape index (κ1) is 26.4. The smallest absolute Gasteiger partial charge is 0.224 e. The summed E-state index contributed by atoms with van der Waals surface area (Å²) in [5.74, 6) is -0.306. The van der Waals surface area contributed by atoms with Crippen molar-refractivity contribution in [1.29, 1.82) is 0 Å². The highest BCUT2D eigenvalue weighted by molar-refractivity contribution is 6.36. The molecule has 3 atom stereocenters. The average molecular weight is 538 g/mol. The third-order valence-electron chi connectivity index (χ3n) is 6.37. The molecular formula is C24H30Cl2FN7O2. The lowest BCUT2D eigenvalue weighted by Crippen LogP contribution is -2.30. The summed E-state index contributed by atoms with van der Waals surface area (Å²) in [4.78, 5) is 25.4. The van der Waals surface area contributed by atoms with Gasteiger partial charge in [0.05, 0.1) is 23.0 Å². The number of halogens is 3. The molecule has 2 aromatic heterocycles. The number of amides is 1. The quantitative estimate of drug-likeness (QED) is 0.274. The van der Waals surface area contributed by atoms with Gasteiger partial charge in [0, 0.05) is 23.5 Å². The Kier molecular flexibility index (Phi) is 8.48. The van der Waals surface area contributed by atoms with Crippen molar-refractivity contribution in [1.82, 2.24) is 19.5 Å². The van der Waals surface area contributed by atoms with Crippen LogP contribution in [0.3, 0.4) is 0 Å². The van der Waals surface area contributed by atoms with E-state index in [1.165, 1.54) is 12.1 Å². The Morgan fingerprint density at radius 3 is 2.81 bits per heavy atom. The number of primary amides is 1. The fourth-order valence-electron chi connectivity index (χ4n) is 4.69. The molecule has 0 aliphatic heterocycles. The molecule has 1 saturated carbocycles. The second-order valence-corrected chi connectivity index (χ2v) is 10.0. The number of hydrogen-bond donors (Lipinski definition) is 4. The van der Waals surface area contributed by atoms with Crippen LogP contribution in [0.2, 0.25) is 10.0 Å². The number of aliphatic hydroxyl groups is 1. The molecule has 194 valence electrons. The van der Waals surface area contributed by atoms with Crippen LogP contribution >= 0.6 is 23.2 Å². The van der Waals surface area contributed by atoms with Crippen molar-refractivity contribution < 1.29 is 14.3 Å². The molecule has 0 radical (unpaired) electrons. The van der Waals surface area contributed by atoms with Crippen LogP contribution in [0.5, 0.6) is 0 Å². The summed E-state index contributed by atoms with van der Waals surface area (Å²) in [5, 5.41) is 16.6. The number of nitrogens with one attached hydrogen (secondary N) is 2. The summed E-state index contributed by atoms with van der Waals surface area (Å²) in [7, 11) is 0. The van der Waals surface area contributed by atoms with E-state index in [1.54, 1.807) is 6.20 Å². The highest BCUT2D eigenvalue weighted by atomic mass is 35.5. The van der Waals surface area contributed by atoms with Crippen molar-refractivity contribution in [2.24, 2.45) is 5.73 Å². The van der Waals surface area contributed by atoms with Gasteiger partial charge in [0.15, 0.2) is 5.65 Å². The van der Waals surface area contributed by atoms with Crippen LogP contribution in [0, 0.1) is 5.82 Å². The molecule has 0 unspecified atom stereocenters. The molecular weight excluding hydrogens is 508 g/mol. The first-order valence-electron chi connectivity index (χ1n) is 12.1. The van der Waals surface area contributed by atoms with E-state index in [-0.39, 0.29) is 40.3 Å². The predicted octanol–water partition coefficient (Wildman–Crippen LogP) is 5.34.